The van der Waals surface area contributed by atoms with Gasteiger partial charge in [-0.2, -0.15) is 0 Å². The lowest BCUT2D eigenvalue weighted by atomic mass is 10.2. The highest BCUT2D eigenvalue weighted by molar-refractivity contribution is 7.99. The van der Waals surface area contributed by atoms with Gasteiger partial charge in [-0.3, -0.25) is 0 Å². The quantitative estimate of drug-likeness (QED) is 0.590. The summed E-state index contributed by atoms with van der Waals surface area (Å²) in [7, 11) is 0. The summed E-state index contributed by atoms with van der Waals surface area (Å²) in [6.07, 6.45) is 0. The first-order valence-electron chi connectivity index (χ1n) is 6.84. The first-order valence-corrected chi connectivity index (χ1v) is 7.72. The fraction of sp³-hybridized carbons (Fsp3) is 0.125. The van der Waals surface area contributed by atoms with Gasteiger partial charge >= 0.3 is 0 Å². The molecule has 0 bridgehead atoms. The third-order valence-corrected chi connectivity index (χ3v) is 4.45. The van der Waals surface area contributed by atoms with Crippen molar-refractivity contribution in [3.8, 4) is 11.4 Å². The number of benzene rings is 2. The van der Waals surface area contributed by atoms with Gasteiger partial charge in [-0.25, -0.2) is 9.07 Å². The zero-order chi connectivity index (χ0) is 15.5. The molecular weight excluding hydrogens is 299 g/mol. The SMILES string of the molecule is C[C@H](Sc1nnc(-c2ccccc2F)n1N)c1ccccc1. The highest BCUT2D eigenvalue weighted by Gasteiger charge is 2.17. The Bertz CT molecular complexity index is 773. The molecule has 22 heavy (non-hydrogen) atoms. The van der Waals surface area contributed by atoms with Crippen molar-refractivity contribution in [3.63, 3.8) is 0 Å². The van der Waals surface area contributed by atoms with E-state index in [1.54, 1.807) is 18.2 Å². The van der Waals surface area contributed by atoms with Crippen molar-refractivity contribution in [2.24, 2.45) is 0 Å². The third kappa shape index (κ3) is 2.82. The predicted octanol–water partition coefficient (Wildman–Crippen LogP) is 3.65. The lowest BCUT2D eigenvalue weighted by Gasteiger charge is -2.10. The van der Waals surface area contributed by atoms with Crippen molar-refractivity contribution in [3.05, 3.63) is 66.0 Å². The summed E-state index contributed by atoms with van der Waals surface area (Å²) in [5.41, 5.74) is 1.51. The normalized spacial score (nSPS) is 12.3. The molecule has 1 aromatic heterocycles. The Hall–Kier alpha value is -2.34. The zero-order valence-electron chi connectivity index (χ0n) is 12.0. The molecule has 1 heterocycles. The van der Waals surface area contributed by atoms with Crippen LogP contribution < -0.4 is 5.84 Å². The second kappa shape index (κ2) is 6.19. The van der Waals surface area contributed by atoms with Crippen molar-refractivity contribution >= 4 is 11.8 Å². The van der Waals surface area contributed by atoms with E-state index in [1.165, 1.54) is 28.1 Å². The topological polar surface area (TPSA) is 56.7 Å². The molecule has 3 rings (SSSR count). The molecule has 0 radical (unpaired) electrons. The highest BCUT2D eigenvalue weighted by Crippen LogP contribution is 2.34. The number of hydrogen-bond acceptors (Lipinski definition) is 4. The fourth-order valence-corrected chi connectivity index (χ4v) is 3.03. The van der Waals surface area contributed by atoms with Crippen LogP contribution in [0.3, 0.4) is 0 Å². The number of nitrogens with two attached hydrogens (primary N) is 1. The minimum Gasteiger partial charge on any atom is -0.335 e. The fourth-order valence-electron chi connectivity index (χ4n) is 2.13. The molecule has 4 nitrogen and oxygen atoms in total. The summed E-state index contributed by atoms with van der Waals surface area (Å²) in [5.74, 6) is 5.99. The standard InChI is InChI=1S/C16H15FN4S/c1-11(12-7-3-2-4-8-12)22-16-20-19-15(21(16)18)13-9-5-6-10-14(13)17/h2-11H,18H2,1H3/t11-/m0/s1. The molecule has 0 fully saturated rings. The van der Waals surface area contributed by atoms with Gasteiger partial charge in [0.2, 0.25) is 5.16 Å². The highest BCUT2D eigenvalue weighted by atomic mass is 32.2. The molecule has 2 aromatic carbocycles. The Morgan fingerprint density at radius 1 is 1.05 bits per heavy atom. The molecule has 0 amide bonds. The van der Waals surface area contributed by atoms with Crippen LogP contribution in [0.2, 0.25) is 0 Å². The molecule has 6 heteroatoms. The number of aromatic nitrogens is 3. The summed E-state index contributed by atoms with van der Waals surface area (Å²) in [5, 5.41) is 8.82. The lowest BCUT2D eigenvalue weighted by molar-refractivity contribution is 0.629. The smallest absolute Gasteiger partial charge is 0.210 e. The first kappa shape index (κ1) is 14.6. The number of halogens is 1. The summed E-state index contributed by atoms with van der Waals surface area (Å²) in [4.78, 5) is 0. The van der Waals surface area contributed by atoms with Gasteiger partial charge in [0.25, 0.3) is 0 Å². The summed E-state index contributed by atoms with van der Waals surface area (Å²) >= 11 is 1.49. The Balaban J connectivity index is 1.87. The van der Waals surface area contributed by atoms with E-state index in [2.05, 4.69) is 17.1 Å². The molecule has 3 aromatic rings. The van der Waals surface area contributed by atoms with E-state index in [9.17, 15) is 4.39 Å². The maximum Gasteiger partial charge on any atom is 0.210 e. The van der Waals surface area contributed by atoms with Crippen LogP contribution >= 0.6 is 11.8 Å². The predicted molar refractivity (Wildman–Crippen MR) is 86.3 cm³/mol. The number of nitrogen functional groups attached to an aromatic ring is 1. The van der Waals surface area contributed by atoms with Gasteiger partial charge in [0.1, 0.15) is 5.82 Å². The summed E-state index contributed by atoms with van der Waals surface area (Å²) in [6.45, 7) is 2.07. The Labute approximate surface area is 132 Å². The van der Waals surface area contributed by atoms with Gasteiger partial charge in [0.05, 0.1) is 5.56 Å². The van der Waals surface area contributed by atoms with Gasteiger partial charge in [-0.15, -0.1) is 10.2 Å². The Kier molecular flexibility index (Phi) is 4.11. The van der Waals surface area contributed by atoms with E-state index >= 15 is 0 Å². The largest absolute Gasteiger partial charge is 0.335 e. The second-order valence-electron chi connectivity index (χ2n) is 4.83. The van der Waals surface area contributed by atoms with Gasteiger partial charge in [0, 0.05) is 5.25 Å². The first-order chi connectivity index (χ1) is 10.7. The van der Waals surface area contributed by atoms with E-state index in [1.807, 2.05) is 30.3 Å². The molecular formula is C16H15FN4S. The molecule has 0 aliphatic heterocycles. The second-order valence-corrected chi connectivity index (χ2v) is 6.13. The number of rotatable bonds is 4. The van der Waals surface area contributed by atoms with E-state index in [4.69, 9.17) is 5.84 Å². The zero-order valence-corrected chi connectivity index (χ0v) is 12.8. The summed E-state index contributed by atoms with van der Waals surface area (Å²) < 4.78 is 15.2. The molecule has 112 valence electrons. The number of hydrogen-bond donors (Lipinski definition) is 1. The van der Waals surface area contributed by atoms with Crippen LogP contribution in [-0.2, 0) is 0 Å². The Morgan fingerprint density at radius 2 is 1.73 bits per heavy atom. The molecule has 0 saturated carbocycles. The van der Waals surface area contributed by atoms with E-state index in [0.717, 1.165) is 0 Å². The van der Waals surface area contributed by atoms with Crippen molar-refractivity contribution in [2.75, 3.05) is 5.84 Å². The molecule has 2 N–H and O–H groups in total. The average molecular weight is 314 g/mol. The van der Waals surface area contributed by atoms with Gasteiger partial charge in [-0.1, -0.05) is 54.2 Å². The van der Waals surface area contributed by atoms with Crippen LogP contribution in [0, 0.1) is 5.82 Å². The van der Waals surface area contributed by atoms with E-state index in [0.29, 0.717) is 16.5 Å². The van der Waals surface area contributed by atoms with Gasteiger partial charge in [-0.05, 0) is 24.6 Å². The minimum absolute atomic E-state index is 0.168. The van der Waals surface area contributed by atoms with Crippen LogP contribution in [0.25, 0.3) is 11.4 Å². The molecule has 0 aliphatic rings. The average Bonchev–Trinajstić information content (AvgIpc) is 2.90. The number of thioether (sulfide) groups is 1. The van der Waals surface area contributed by atoms with Gasteiger partial charge in [0.15, 0.2) is 5.82 Å². The van der Waals surface area contributed by atoms with E-state index in [-0.39, 0.29) is 11.1 Å². The van der Waals surface area contributed by atoms with Crippen LogP contribution in [0.4, 0.5) is 4.39 Å². The molecule has 1 atom stereocenters. The molecule has 0 saturated heterocycles. The molecule has 0 spiro atoms. The van der Waals surface area contributed by atoms with Crippen LogP contribution in [0.1, 0.15) is 17.7 Å². The van der Waals surface area contributed by atoms with E-state index < -0.39 is 0 Å². The third-order valence-electron chi connectivity index (χ3n) is 3.33. The molecule has 0 unspecified atom stereocenters. The molecule has 0 aliphatic carbocycles. The van der Waals surface area contributed by atoms with Crippen molar-refractivity contribution in [2.45, 2.75) is 17.3 Å². The lowest BCUT2D eigenvalue weighted by Crippen LogP contribution is -2.12. The van der Waals surface area contributed by atoms with Crippen LogP contribution in [-0.4, -0.2) is 14.9 Å². The van der Waals surface area contributed by atoms with Crippen molar-refractivity contribution in [1.29, 1.82) is 0 Å². The Morgan fingerprint density at radius 3 is 2.45 bits per heavy atom. The van der Waals surface area contributed by atoms with Gasteiger partial charge < -0.3 is 5.84 Å². The van der Waals surface area contributed by atoms with Crippen molar-refractivity contribution in [1.82, 2.24) is 14.9 Å². The number of nitrogens with zero attached hydrogens (tertiary/aromatic N) is 3. The maximum atomic E-state index is 13.8. The minimum atomic E-state index is -0.366. The van der Waals surface area contributed by atoms with Crippen LogP contribution in [0.15, 0.2) is 59.8 Å². The van der Waals surface area contributed by atoms with Crippen molar-refractivity contribution < 1.29 is 4.39 Å². The maximum absolute atomic E-state index is 13.8. The monoisotopic (exact) mass is 314 g/mol. The van der Waals surface area contributed by atoms with Crippen LogP contribution in [0.5, 0.6) is 0 Å². The summed E-state index contributed by atoms with van der Waals surface area (Å²) in [6, 6.07) is 16.4.